The molecule has 0 bridgehead atoms. The quantitative estimate of drug-likeness (QED) is 0.679. The van der Waals surface area contributed by atoms with E-state index in [-0.39, 0.29) is 0 Å². The highest BCUT2D eigenvalue weighted by atomic mass is 32.2. The maximum Gasteiger partial charge on any atom is 0.138 e. The zero-order valence-electron chi connectivity index (χ0n) is 11.6. The molecule has 0 fully saturated rings. The summed E-state index contributed by atoms with van der Waals surface area (Å²) in [5.74, 6) is 0. The van der Waals surface area contributed by atoms with Crippen LogP contribution < -0.4 is 5.32 Å². The normalized spacial score (nSPS) is 12.7. The van der Waals surface area contributed by atoms with E-state index in [9.17, 15) is 0 Å². The van der Waals surface area contributed by atoms with Crippen LogP contribution in [0.15, 0.2) is 59.8 Å². The number of nitrogens with zero attached hydrogens (tertiary/aromatic N) is 1. The Morgan fingerprint density at radius 1 is 1.24 bits per heavy atom. The smallest absolute Gasteiger partial charge is 0.138 e. The van der Waals surface area contributed by atoms with Gasteiger partial charge in [-0.25, -0.2) is 0 Å². The summed E-state index contributed by atoms with van der Waals surface area (Å²) in [4.78, 5) is 5.16. The summed E-state index contributed by atoms with van der Waals surface area (Å²) in [5, 5.41) is 3.31. The van der Waals surface area contributed by atoms with Gasteiger partial charge in [-0.3, -0.25) is 4.98 Å². The van der Waals surface area contributed by atoms with Crippen LogP contribution in [0.25, 0.3) is 5.57 Å². The number of nitrogens with one attached hydrogen (secondary N) is 1. The number of hydrogen-bond acceptors (Lipinski definition) is 3. The van der Waals surface area contributed by atoms with Gasteiger partial charge >= 0.3 is 0 Å². The van der Waals surface area contributed by atoms with Crippen LogP contribution in [0.2, 0.25) is 0 Å². The third-order valence-electron chi connectivity index (χ3n) is 3.44. The van der Waals surface area contributed by atoms with Crippen LogP contribution in [0.3, 0.4) is 0 Å². The fourth-order valence-electron chi connectivity index (χ4n) is 2.44. The van der Waals surface area contributed by atoms with E-state index in [1.807, 2.05) is 18.3 Å². The molecule has 106 valence electrons. The lowest BCUT2D eigenvalue weighted by Crippen LogP contribution is -2.19. The van der Waals surface area contributed by atoms with Crippen LogP contribution in [0.5, 0.6) is 0 Å². The standard InChI is InChI=1S/C17H16N2S2/c20-17(21-15-5-3-10-18-12-15)19-11-9-14-8-7-13-4-1-2-6-16(13)14/h1-6,8,10,12H,7,9,11H2,(H,19,20). The predicted octanol–water partition coefficient (Wildman–Crippen LogP) is 4.08. The average molecular weight is 312 g/mol. The molecule has 21 heavy (non-hydrogen) atoms. The predicted molar refractivity (Wildman–Crippen MR) is 93.4 cm³/mol. The Morgan fingerprint density at radius 2 is 2.14 bits per heavy atom. The molecule has 1 aromatic heterocycles. The molecule has 1 aliphatic rings. The van der Waals surface area contributed by atoms with Gasteiger partial charge in [-0.05, 0) is 41.7 Å². The van der Waals surface area contributed by atoms with Crippen LogP contribution in [0.4, 0.5) is 0 Å². The Morgan fingerprint density at radius 3 is 3.00 bits per heavy atom. The van der Waals surface area contributed by atoms with Gasteiger partial charge in [0.1, 0.15) is 4.32 Å². The Kier molecular flexibility index (Phi) is 4.68. The Labute approximate surface area is 134 Å². The van der Waals surface area contributed by atoms with E-state index in [1.165, 1.54) is 16.7 Å². The Balaban J connectivity index is 1.48. The van der Waals surface area contributed by atoms with E-state index in [0.29, 0.717) is 0 Å². The summed E-state index contributed by atoms with van der Waals surface area (Å²) in [6.07, 6.45) is 7.98. The van der Waals surface area contributed by atoms with Crippen LogP contribution in [0.1, 0.15) is 17.5 Å². The summed E-state index contributed by atoms with van der Waals surface area (Å²) >= 11 is 6.91. The van der Waals surface area contributed by atoms with E-state index in [4.69, 9.17) is 12.2 Å². The van der Waals surface area contributed by atoms with Crippen molar-refractivity contribution in [2.45, 2.75) is 17.7 Å². The molecule has 2 aromatic rings. The molecule has 1 heterocycles. The van der Waals surface area contributed by atoms with Gasteiger partial charge in [0.25, 0.3) is 0 Å². The SMILES string of the molecule is S=C(NCCC1=CCc2ccccc21)Sc1cccnc1. The van der Waals surface area contributed by atoms with Crippen LogP contribution in [-0.2, 0) is 6.42 Å². The Bertz CT molecular complexity index is 666. The number of benzene rings is 1. The highest BCUT2D eigenvalue weighted by Gasteiger charge is 2.12. The molecule has 1 aliphatic carbocycles. The molecule has 0 radical (unpaired) electrons. The van der Waals surface area contributed by atoms with Gasteiger partial charge in [0.05, 0.1) is 0 Å². The molecule has 0 saturated heterocycles. The summed E-state index contributed by atoms with van der Waals surface area (Å²) in [5.41, 5.74) is 4.25. The monoisotopic (exact) mass is 312 g/mol. The first-order valence-electron chi connectivity index (χ1n) is 6.96. The lowest BCUT2D eigenvalue weighted by molar-refractivity contribution is 0.920. The maximum absolute atomic E-state index is 5.36. The van der Waals surface area contributed by atoms with Crippen molar-refractivity contribution in [2.24, 2.45) is 0 Å². The van der Waals surface area contributed by atoms with Crippen LogP contribution in [-0.4, -0.2) is 15.8 Å². The maximum atomic E-state index is 5.36. The van der Waals surface area contributed by atoms with Gasteiger partial charge < -0.3 is 5.32 Å². The minimum atomic E-state index is 0.801. The molecule has 1 N–H and O–H groups in total. The first kappa shape index (κ1) is 14.3. The number of rotatable bonds is 4. The van der Waals surface area contributed by atoms with E-state index in [1.54, 1.807) is 18.0 Å². The summed E-state index contributed by atoms with van der Waals surface area (Å²) in [7, 11) is 0. The minimum Gasteiger partial charge on any atom is -0.370 e. The van der Waals surface area contributed by atoms with Crippen molar-refractivity contribution >= 4 is 33.9 Å². The second-order valence-corrected chi connectivity index (χ2v) is 6.60. The number of thioether (sulfide) groups is 1. The molecule has 3 rings (SSSR count). The number of thiocarbonyl (C=S) groups is 1. The van der Waals surface area contributed by atoms with Crippen molar-refractivity contribution in [1.82, 2.24) is 10.3 Å². The zero-order valence-corrected chi connectivity index (χ0v) is 13.2. The molecule has 0 unspecified atom stereocenters. The van der Waals surface area contributed by atoms with Gasteiger partial charge in [0.15, 0.2) is 0 Å². The number of allylic oxidation sites excluding steroid dienone is 1. The van der Waals surface area contributed by atoms with Crippen molar-refractivity contribution in [1.29, 1.82) is 0 Å². The zero-order chi connectivity index (χ0) is 14.5. The summed E-state index contributed by atoms with van der Waals surface area (Å²) in [6, 6.07) is 12.6. The second-order valence-electron chi connectivity index (χ2n) is 4.85. The number of fused-ring (bicyclic) bond motifs is 1. The number of pyridine rings is 1. The fraction of sp³-hybridized carbons (Fsp3) is 0.176. The highest BCUT2D eigenvalue weighted by molar-refractivity contribution is 8.23. The van der Waals surface area contributed by atoms with E-state index in [0.717, 1.165) is 28.6 Å². The molecule has 0 aliphatic heterocycles. The Hall–Kier alpha value is -1.65. The molecule has 2 nitrogen and oxygen atoms in total. The molecule has 0 spiro atoms. The first-order valence-corrected chi connectivity index (χ1v) is 8.18. The van der Waals surface area contributed by atoms with Crippen molar-refractivity contribution in [3.8, 4) is 0 Å². The van der Waals surface area contributed by atoms with Gasteiger partial charge in [0.2, 0.25) is 0 Å². The van der Waals surface area contributed by atoms with Crippen LogP contribution >= 0.6 is 24.0 Å². The molecule has 0 atom stereocenters. The number of hydrogen-bond donors (Lipinski definition) is 1. The fourth-order valence-corrected chi connectivity index (χ4v) is 3.48. The van der Waals surface area contributed by atoms with Gasteiger partial charge in [-0.2, -0.15) is 0 Å². The third-order valence-corrected chi connectivity index (χ3v) is 4.64. The topological polar surface area (TPSA) is 24.9 Å². The average Bonchev–Trinajstić information content (AvgIpc) is 2.92. The van der Waals surface area contributed by atoms with E-state index < -0.39 is 0 Å². The second kappa shape index (κ2) is 6.87. The van der Waals surface area contributed by atoms with E-state index >= 15 is 0 Å². The van der Waals surface area contributed by atoms with Crippen molar-refractivity contribution in [2.75, 3.05) is 6.54 Å². The van der Waals surface area contributed by atoms with Crippen LogP contribution in [0, 0.1) is 0 Å². The largest absolute Gasteiger partial charge is 0.370 e. The van der Waals surface area contributed by atoms with Crippen molar-refractivity contribution in [3.63, 3.8) is 0 Å². The molecule has 4 heteroatoms. The van der Waals surface area contributed by atoms with E-state index in [2.05, 4.69) is 40.6 Å². The molecular formula is C17H16N2S2. The first-order chi connectivity index (χ1) is 10.3. The van der Waals surface area contributed by atoms with Crippen molar-refractivity contribution < 1.29 is 0 Å². The van der Waals surface area contributed by atoms with Gasteiger partial charge in [0, 0.05) is 23.8 Å². The summed E-state index contributed by atoms with van der Waals surface area (Å²) in [6.45, 7) is 0.867. The summed E-state index contributed by atoms with van der Waals surface area (Å²) < 4.78 is 0.801. The lowest BCUT2D eigenvalue weighted by Gasteiger charge is -2.09. The van der Waals surface area contributed by atoms with Gasteiger partial charge in [-0.1, -0.05) is 54.3 Å². The highest BCUT2D eigenvalue weighted by Crippen LogP contribution is 2.29. The minimum absolute atomic E-state index is 0.801. The number of aromatic nitrogens is 1. The van der Waals surface area contributed by atoms with Gasteiger partial charge in [-0.15, -0.1) is 0 Å². The molecule has 1 aromatic carbocycles. The molecule has 0 amide bonds. The molecule has 0 saturated carbocycles. The lowest BCUT2D eigenvalue weighted by atomic mass is 10.0. The van der Waals surface area contributed by atoms with Crippen molar-refractivity contribution in [3.05, 3.63) is 66.0 Å². The third kappa shape index (κ3) is 3.71. The molecular weight excluding hydrogens is 296 g/mol.